The molecular weight excluding hydrogens is 520 g/mol. The van der Waals surface area contributed by atoms with Gasteiger partial charge in [0.05, 0.1) is 36.7 Å². The van der Waals surface area contributed by atoms with Gasteiger partial charge in [-0.3, -0.25) is 9.59 Å². The Morgan fingerprint density at radius 2 is 1.44 bits per heavy atom. The van der Waals surface area contributed by atoms with Gasteiger partial charge in [0.1, 0.15) is 17.2 Å². The van der Waals surface area contributed by atoms with E-state index in [0.29, 0.717) is 33.6 Å². The predicted molar refractivity (Wildman–Crippen MR) is 158 cm³/mol. The summed E-state index contributed by atoms with van der Waals surface area (Å²) < 4.78 is 10.6. The van der Waals surface area contributed by atoms with Gasteiger partial charge >= 0.3 is 0 Å². The first-order chi connectivity index (χ1) is 20.0. The highest BCUT2D eigenvalue weighted by Gasteiger charge is 2.19. The minimum Gasteiger partial charge on any atom is -0.505 e. The molecule has 0 aliphatic heterocycles. The number of ether oxygens (including phenoxy) is 2. The second kappa shape index (κ2) is 12.0. The van der Waals surface area contributed by atoms with Crippen molar-refractivity contribution in [2.75, 3.05) is 24.9 Å². The number of benzene rings is 5. The number of hydrogen-bond acceptors (Lipinski definition) is 7. The van der Waals surface area contributed by atoms with E-state index in [1.807, 2.05) is 12.1 Å². The zero-order valence-electron chi connectivity index (χ0n) is 22.3. The number of methoxy groups -OCH3 is 2. The first-order valence-corrected chi connectivity index (χ1v) is 12.6. The Balaban J connectivity index is 1.50. The standard InChI is InChI=1S/C32H26N4O5/c1-40-22-12-9-11-21(19-22)33-32(39)25-18-20-10-3-4-13-23(20)29(30(25)37)36-35-26-15-6-5-14-24(26)31(38)34-27-16-7-8-17-28(27)41-2/h3-19,37H,1-2H3,(H,33,39)(H,34,38). The van der Waals surface area contributed by atoms with E-state index < -0.39 is 11.8 Å². The van der Waals surface area contributed by atoms with E-state index in [2.05, 4.69) is 20.9 Å². The van der Waals surface area contributed by atoms with Gasteiger partial charge in [0.2, 0.25) is 0 Å². The summed E-state index contributed by atoms with van der Waals surface area (Å²) in [5.74, 6) is -0.197. The van der Waals surface area contributed by atoms with Crippen molar-refractivity contribution < 1.29 is 24.2 Å². The first-order valence-electron chi connectivity index (χ1n) is 12.6. The van der Waals surface area contributed by atoms with Gasteiger partial charge < -0.3 is 25.2 Å². The number of azo groups is 1. The van der Waals surface area contributed by atoms with E-state index >= 15 is 0 Å². The highest BCUT2D eigenvalue weighted by atomic mass is 16.5. The fraction of sp³-hybridized carbons (Fsp3) is 0.0625. The molecule has 5 aromatic rings. The van der Waals surface area contributed by atoms with E-state index in [1.54, 1.807) is 91.0 Å². The van der Waals surface area contributed by atoms with Crippen LogP contribution in [0.4, 0.5) is 22.7 Å². The molecule has 5 rings (SSSR count). The van der Waals surface area contributed by atoms with E-state index in [0.717, 1.165) is 0 Å². The molecule has 9 nitrogen and oxygen atoms in total. The van der Waals surface area contributed by atoms with Crippen molar-refractivity contribution in [3.05, 3.63) is 114 Å². The van der Waals surface area contributed by atoms with Crippen LogP contribution in [0, 0.1) is 0 Å². The third-order valence-electron chi connectivity index (χ3n) is 6.33. The molecule has 0 aliphatic carbocycles. The normalized spacial score (nSPS) is 10.9. The lowest BCUT2D eigenvalue weighted by Gasteiger charge is -2.12. The fourth-order valence-electron chi connectivity index (χ4n) is 4.29. The van der Waals surface area contributed by atoms with Crippen LogP contribution in [0.2, 0.25) is 0 Å². The minimum absolute atomic E-state index is 0.0164. The first kappa shape index (κ1) is 26.9. The Bertz CT molecular complexity index is 1780. The Hall–Kier alpha value is -5.70. The zero-order valence-corrected chi connectivity index (χ0v) is 22.3. The van der Waals surface area contributed by atoms with Gasteiger partial charge in [0.25, 0.3) is 11.8 Å². The summed E-state index contributed by atoms with van der Waals surface area (Å²) >= 11 is 0. The molecule has 41 heavy (non-hydrogen) atoms. The molecule has 0 bridgehead atoms. The van der Waals surface area contributed by atoms with Crippen LogP contribution in [0.15, 0.2) is 113 Å². The van der Waals surface area contributed by atoms with E-state index in [4.69, 9.17) is 9.47 Å². The topological polar surface area (TPSA) is 122 Å². The number of nitrogens with zero attached hydrogens (tertiary/aromatic N) is 2. The van der Waals surface area contributed by atoms with Crippen molar-refractivity contribution in [3.8, 4) is 17.2 Å². The Morgan fingerprint density at radius 3 is 2.27 bits per heavy atom. The maximum atomic E-state index is 13.2. The number of aromatic hydroxyl groups is 1. The molecule has 0 heterocycles. The summed E-state index contributed by atoms with van der Waals surface area (Å²) in [4.78, 5) is 26.4. The molecule has 0 fully saturated rings. The van der Waals surface area contributed by atoms with E-state index in [-0.39, 0.29) is 28.3 Å². The van der Waals surface area contributed by atoms with Crippen LogP contribution < -0.4 is 20.1 Å². The summed E-state index contributed by atoms with van der Waals surface area (Å²) in [6.07, 6.45) is 0. The van der Waals surface area contributed by atoms with Crippen LogP contribution in [-0.2, 0) is 0 Å². The van der Waals surface area contributed by atoms with Gasteiger partial charge in [-0.15, -0.1) is 10.2 Å². The maximum absolute atomic E-state index is 13.2. The molecule has 0 unspecified atom stereocenters. The monoisotopic (exact) mass is 546 g/mol. The van der Waals surface area contributed by atoms with Gasteiger partial charge in [-0.25, -0.2) is 0 Å². The second-order valence-corrected chi connectivity index (χ2v) is 8.90. The molecule has 204 valence electrons. The molecule has 0 radical (unpaired) electrons. The van der Waals surface area contributed by atoms with Crippen LogP contribution in [0.25, 0.3) is 10.8 Å². The van der Waals surface area contributed by atoms with Crippen molar-refractivity contribution in [1.29, 1.82) is 0 Å². The van der Waals surface area contributed by atoms with Gasteiger partial charge in [-0.1, -0.05) is 54.6 Å². The van der Waals surface area contributed by atoms with Crippen molar-refractivity contribution in [2.24, 2.45) is 10.2 Å². The number of amides is 2. The van der Waals surface area contributed by atoms with Crippen LogP contribution >= 0.6 is 0 Å². The molecular formula is C32H26N4O5. The third kappa shape index (κ3) is 5.84. The Morgan fingerprint density at radius 1 is 0.707 bits per heavy atom. The molecule has 3 N–H and O–H groups in total. The Kier molecular flexibility index (Phi) is 7.87. The number of anilines is 2. The Labute approximate surface area is 236 Å². The number of phenolic OH excluding ortho intramolecular Hbond substituents is 1. The molecule has 5 aromatic carbocycles. The maximum Gasteiger partial charge on any atom is 0.259 e. The second-order valence-electron chi connectivity index (χ2n) is 8.90. The number of rotatable bonds is 8. The number of carbonyl (C=O) groups excluding carboxylic acids is 2. The van der Waals surface area contributed by atoms with E-state index in [1.165, 1.54) is 14.2 Å². The summed E-state index contributed by atoms with van der Waals surface area (Å²) in [6, 6.07) is 29.4. The lowest BCUT2D eigenvalue weighted by molar-refractivity contribution is 0.101. The van der Waals surface area contributed by atoms with Crippen molar-refractivity contribution in [1.82, 2.24) is 0 Å². The number of carbonyl (C=O) groups is 2. The average Bonchev–Trinajstić information content (AvgIpc) is 3.00. The van der Waals surface area contributed by atoms with Crippen molar-refractivity contribution >= 4 is 45.3 Å². The lowest BCUT2D eigenvalue weighted by Crippen LogP contribution is -2.12. The molecule has 9 heteroatoms. The summed E-state index contributed by atoms with van der Waals surface area (Å²) in [7, 11) is 3.06. The summed E-state index contributed by atoms with van der Waals surface area (Å²) in [5.41, 5.74) is 1.65. The highest BCUT2D eigenvalue weighted by Crippen LogP contribution is 2.40. The van der Waals surface area contributed by atoms with Crippen molar-refractivity contribution in [2.45, 2.75) is 0 Å². The van der Waals surface area contributed by atoms with Crippen LogP contribution in [0.5, 0.6) is 17.2 Å². The molecule has 0 aromatic heterocycles. The van der Waals surface area contributed by atoms with Gasteiger partial charge in [-0.2, -0.15) is 0 Å². The number of fused-ring (bicyclic) bond motifs is 1. The molecule has 0 spiro atoms. The quantitative estimate of drug-likeness (QED) is 0.174. The van der Waals surface area contributed by atoms with Gasteiger partial charge in [0.15, 0.2) is 5.75 Å². The summed E-state index contributed by atoms with van der Waals surface area (Å²) in [6.45, 7) is 0. The van der Waals surface area contributed by atoms with Gasteiger partial charge in [-0.05, 0) is 47.9 Å². The minimum atomic E-state index is -0.533. The zero-order chi connectivity index (χ0) is 28.8. The third-order valence-corrected chi connectivity index (χ3v) is 6.33. The summed E-state index contributed by atoms with van der Waals surface area (Å²) in [5, 5.41) is 26.8. The average molecular weight is 547 g/mol. The molecule has 2 amide bonds. The number of phenols is 1. The largest absolute Gasteiger partial charge is 0.505 e. The smallest absolute Gasteiger partial charge is 0.259 e. The van der Waals surface area contributed by atoms with Crippen LogP contribution in [-0.4, -0.2) is 31.1 Å². The van der Waals surface area contributed by atoms with Crippen molar-refractivity contribution in [3.63, 3.8) is 0 Å². The van der Waals surface area contributed by atoms with Gasteiger partial charge in [0, 0.05) is 17.1 Å². The number of nitrogens with one attached hydrogen (secondary N) is 2. The predicted octanol–water partition coefficient (Wildman–Crippen LogP) is 7.48. The molecule has 0 saturated heterocycles. The van der Waals surface area contributed by atoms with E-state index in [9.17, 15) is 14.7 Å². The SMILES string of the molecule is COc1cccc(NC(=O)c2cc3ccccc3c(N=Nc3ccccc3C(=O)Nc3ccccc3OC)c2O)c1. The number of para-hydroxylation sites is 2. The fourth-order valence-corrected chi connectivity index (χ4v) is 4.29. The molecule has 0 aliphatic rings. The lowest BCUT2D eigenvalue weighted by atomic mass is 10.0. The van der Waals surface area contributed by atoms with Crippen LogP contribution in [0.1, 0.15) is 20.7 Å². The van der Waals surface area contributed by atoms with Crippen LogP contribution in [0.3, 0.4) is 0 Å². The number of hydrogen-bond donors (Lipinski definition) is 3. The molecule has 0 saturated carbocycles. The molecule has 0 atom stereocenters. The highest BCUT2D eigenvalue weighted by molar-refractivity contribution is 6.12.